The molecule has 1 amide bonds. The van der Waals surface area contributed by atoms with E-state index in [0.29, 0.717) is 12.0 Å². The lowest BCUT2D eigenvalue weighted by Crippen LogP contribution is -2.52. The maximum absolute atomic E-state index is 14.0. The number of methoxy groups -OCH3 is 1. The maximum atomic E-state index is 14.0. The number of carbonyl (C=O) groups excluding carboxylic acids is 2. The van der Waals surface area contributed by atoms with Gasteiger partial charge in [-0.1, -0.05) is 54.0 Å². The first-order valence-electron chi connectivity index (χ1n) is 15.6. The van der Waals surface area contributed by atoms with E-state index in [9.17, 15) is 9.59 Å². The summed E-state index contributed by atoms with van der Waals surface area (Å²) < 4.78 is 5.13. The number of anilines is 1. The number of amides is 1. The Morgan fingerprint density at radius 1 is 1.07 bits per heavy atom. The van der Waals surface area contributed by atoms with E-state index in [4.69, 9.17) is 14.6 Å². The van der Waals surface area contributed by atoms with E-state index in [1.54, 1.807) is 23.2 Å². The lowest BCUT2D eigenvalue weighted by atomic mass is 9.82. The summed E-state index contributed by atoms with van der Waals surface area (Å²) in [5, 5.41) is 4.25. The second-order valence-electron chi connectivity index (χ2n) is 12.3. The van der Waals surface area contributed by atoms with Gasteiger partial charge in [-0.05, 0) is 94.2 Å². The van der Waals surface area contributed by atoms with Gasteiger partial charge in [-0.2, -0.15) is 0 Å². The summed E-state index contributed by atoms with van der Waals surface area (Å²) in [5.41, 5.74) is 8.15. The zero-order chi connectivity index (χ0) is 31.4. The number of aryl methyl sites for hydroxylation is 4. The van der Waals surface area contributed by atoms with E-state index >= 15 is 0 Å². The molecule has 0 aliphatic carbocycles. The Morgan fingerprint density at radius 2 is 1.80 bits per heavy atom. The van der Waals surface area contributed by atoms with Crippen molar-refractivity contribution in [2.75, 3.05) is 25.1 Å². The average molecular weight is 597 g/mol. The number of hydrogen-bond acceptors (Lipinski definition) is 7. The second-order valence-corrected chi connectivity index (χ2v) is 12.3. The Bertz CT molecular complexity index is 1500. The van der Waals surface area contributed by atoms with Crippen molar-refractivity contribution in [3.63, 3.8) is 0 Å². The highest BCUT2D eigenvalue weighted by molar-refractivity contribution is 5.98. The van der Waals surface area contributed by atoms with Gasteiger partial charge in [0.2, 0.25) is 0 Å². The molecule has 3 heterocycles. The van der Waals surface area contributed by atoms with E-state index in [2.05, 4.69) is 49.0 Å². The van der Waals surface area contributed by atoms with Crippen molar-refractivity contribution < 1.29 is 19.2 Å². The first-order valence-corrected chi connectivity index (χ1v) is 15.6. The highest BCUT2D eigenvalue weighted by atomic mass is 16.6. The molecule has 0 N–H and O–H groups in total. The number of pyridine rings is 1. The van der Waals surface area contributed by atoms with E-state index in [0.717, 1.165) is 60.4 Å². The van der Waals surface area contributed by atoms with Crippen LogP contribution in [0.25, 0.3) is 0 Å². The minimum Gasteiger partial charge on any atom is -0.467 e. The Hall–Kier alpha value is -4.20. The summed E-state index contributed by atoms with van der Waals surface area (Å²) in [6.07, 6.45) is 5.03. The van der Waals surface area contributed by atoms with Gasteiger partial charge < -0.3 is 19.4 Å². The van der Waals surface area contributed by atoms with Crippen LogP contribution in [0.3, 0.4) is 0 Å². The van der Waals surface area contributed by atoms with Crippen molar-refractivity contribution in [2.24, 2.45) is 11.1 Å². The number of fused-ring (bicyclic) bond motifs is 1. The second kappa shape index (κ2) is 13.6. The normalized spacial score (nSPS) is 20.7. The smallest absolute Gasteiger partial charge is 0.328 e. The van der Waals surface area contributed by atoms with Crippen LogP contribution in [0, 0.1) is 26.7 Å². The summed E-state index contributed by atoms with van der Waals surface area (Å²) in [5.74, 6) is -0.379. The number of benzene rings is 2. The molecule has 5 rings (SSSR count). The van der Waals surface area contributed by atoms with Crippen molar-refractivity contribution in [2.45, 2.75) is 78.5 Å². The molecule has 232 valence electrons. The van der Waals surface area contributed by atoms with Gasteiger partial charge in [-0.15, -0.1) is 0 Å². The molecule has 8 heteroatoms. The fraction of sp³-hybridized carbons (Fsp3) is 0.444. The fourth-order valence-corrected chi connectivity index (χ4v) is 6.42. The molecule has 8 nitrogen and oxygen atoms in total. The van der Waals surface area contributed by atoms with Gasteiger partial charge in [0.15, 0.2) is 0 Å². The first-order chi connectivity index (χ1) is 21.2. The number of esters is 1. The van der Waals surface area contributed by atoms with Gasteiger partial charge in [0, 0.05) is 17.8 Å². The van der Waals surface area contributed by atoms with Crippen LogP contribution >= 0.6 is 0 Å². The summed E-state index contributed by atoms with van der Waals surface area (Å²) in [6.45, 7) is 12.1. The SMILES string of the molecule is COC(=O)[C@@H]1CC[C@H](C)[C@@H](c2ccc(C)cc2)N1C(=O)c1ccc(/C=N/O[C@H](C)CN2CCCc3nc(C)c(C)cc32)cc1. The van der Waals surface area contributed by atoms with Crippen molar-refractivity contribution in [3.05, 3.63) is 93.8 Å². The summed E-state index contributed by atoms with van der Waals surface area (Å²) in [7, 11) is 1.38. The summed E-state index contributed by atoms with van der Waals surface area (Å²) >= 11 is 0. The third-order valence-corrected chi connectivity index (χ3v) is 8.98. The van der Waals surface area contributed by atoms with Gasteiger partial charge in [0.05, 0.1) is 37.3 Å². The van der Waals surface area contributed by atoms with Crippen LogP contribution in [0.4, 0.5) is 5.69 Å². The number of nitrogens with zero attached hydrogens (tertiary/aromatic N) is 4. The Balaban J connectivity index is 1.26. The van der Waals surface area contributed by atoms with Gasteiger partial charge in [0.1, 0.15) is 12.1 Å². The number of rotatable bonds is 8. The highest BCUT2D eigenvalue weighted by Crippen LogP contribution is 2.40. The van der Waals surface area contributed by atoms with Crippen LogP contribution < -0.4 is 4.90 Å². The molecule has 2 aromatic carbocycles. The van der Waals surface area contributed by atoms with Gasteiger partial charge >= 0.3 is 5.97 Å². The molecule has 0 radical (unpaired) electrons. The summed E-state index contributed by atoms with van der Waals surface area (Å²) in [6, 6.07) is 16.9. The molecule has 1 saturated heterocycles. The van der Waals surface area contributed by atoms with E-state index in [1.807, 2.05) is 38.1 Å². The minimum atomic E-state index is -0.637. The molecular formula is C36H44N4O4. The molecule has 1 aromatic heterocycles. The van der Waals surface area contributed by atoms with Crippen LogP contribution in [-0.2, 0) is 20.8 Å². The van der Waals surface area contributed by atoms with E-state index < -0.39 is 6.04 Å². The topological polar surface area (TPSA) is 84.3 Å². The minimum absolute atomic E-state index is 0.116. The number of ether oxygens (including phenoxy) is 1. The molecule has 4 atom stereocenters. The van der Waals surface area contributed by atoms with Crippen LogP contribution in [0.15, 0.2) is 59.8 Å². The van der Waals surface area contributed by atoms with Crippen molar-refractivity contribution in [3.8, 4) is 0 Å². The molecular weight excluding hydrogens is 552 g/mol. The van der Waals surface area contributed by atoms with Crippen LogP contribution in [-0.4, -0.2) is 60.3 Å². The Kier molecular flexibility index (Phi) is 9.67. The number of likely N-dealkylation sites (tertiary alicyclic amines) is 1. The Labute approximate surface area is 261 Å². The Morgan fingerprint density at radius 3 is 2.50 bits per heavy atom. The van der Waals surface area contributed by atoms with Crippen LogP contribution in [0.1, 0.15) is 83.2 Å². The lowest BCUT2D eigenvalue weighted by Gasteiger charge is -2.44. The molecule has 44 heavy (non-hydrogen) atoms. The standard InChI is InChI=1S/C36H44N4O4/c1-23-9-14-29(15-10-23)34-24(2)11-18-32(36(42)43-6)40(34)35(41)30-16-12-28(13-17-30)21-37-44-26(4)22-39-19-7-8-31-33(39)20-25(3)27(5)38-31/h9-10,12-17,20-21,24,26,32,34H,7-8,11,18-19,22H2,1-6H3/b37-21+/t24-,26+,32-,34-/m0/s1. The number of hydrogen-bond donors (Lipinski definition) is 0. The predicted molar refractivity (Wildman–Crippen MR) is 173 cm³/mol. The molecule has 3 aromatic rings. The summed E-state index contributed by atoms with van der Waals surface area (Å²) in [4.78, 5) is 41.5. The zero-order valence-corrected chi connectivity index (χ0v) is 26.7. The fourth-order valence-electron chi connectivity index (χ4n) is 6.42. The lowest BCUT2D eigenvalue weighted by molar-refractivity contribution is -0.149. The first kappa shape index (κ1) is 31.2. The van der Waals surface area contributed by atoms with Crippen LogP contribution in [0.5, 0.6) is 0 Å². The van der Waals surface area contributed by atoms with E-state index in [1.165, 1.54) is 18.4 Å². The monoisotopic (exact) mass is 596 g/mol. The van der Waals surface area contributed by atoms with Crippen molar-refractivity contribution >= 4 is 23.8 Å². The molecule has 0 unspecified atom stereocenters. The average Bonchev–Trinajstić information content (AvgIpc) is 3.02. The van der Waals surface area contributed by atoms with Gasteiger partial charge in [0.25, 0.3) is 5.91 Å². The quantitative estimate of drug-likeness (QED) is 0.171. The van der Waals surface area contributed by atoms with Crippen LogP contribution in [0.2, 0.25) is 0 Å². The molecule has 1 fully saturated rings. The van der Waals surface area contributed by atoms with Crippen molar-refractivity contribution in [1.82, 2.24) is 9.88 Å². The van der Waals surface area contributed by atoms with Gasteiger partial charge in [-0.3, -0.25) is 9.78 Å². The van der Waals surface area contributed by atoms with Crippen molar-refractivity contribution in [1.29, 1.82) is 0 Å². The highest BCUT2D eigenvalue weighted by Gasteiger charge is 2.43. The van der Waals surface area contributed by atoms with E-state index in [-0.39, 0.29) is 29.9 Å². The molecule has 0 saturated carbocycles. The third kappa shape index (κ3) is 6.79. The molecule has 0 spiro atoms. The number of piperidine rings is 1. The number of oxime groups is 1. The zero-order valence-electron chi connectivity index (χ0n) is 26.7. The number of aromatic nitrogens is 1. The molecule has 2 aliphatic heterocycles. The van der Waals surface area contributed by atoms with Gasteiger partial charge in [-0.25, -0.2) is 4.79 Å². The predicted octanol–water partition coefficient (Wildman–Crippen LogP) is 6.35. The molecule has 2 aliphatic rings. The third-order valence-electron chi connectivity index (χ3n) is 8.98. The maximum Gasteiger partial charge on any atom is 0.328 e. The number of carbonyl (C=O) groups is 2. The molecule has 0 bridgehead atoms. The largest absolute Gasteiger partial charge is 0.467 e.